The first kappa shape index (κ1) is 31.9. The Kier molecular flexibility index (Phi) is 29.7. The van der Waals surface area contributed by atoms with Crippen LogP contribution in [0.15, 0.2) is 0 Å². The predicted molar refractivity (Wildman–Crippen MR) is 98.7 cm³/mol. The zero-order valence-electron chi connectivity index (χ0n) is 16.5. The summed E-state index contributed by atoms with van der Waals surface area (Å²) in [6.45, 7) is 7.29. The highest BCUT2D eigenvalue weighted by molar-refractivity contribution is 7.85. The van der Waals surface area contributed by atoms with E-state index >= 15 is 0 Å². The molecule has 0 saturated carbocycles. The Morgan fingerprint density at radius 1 is 0.880 bits per heavy atom. The lowest BCUT2D eigenvalue weighted by Gasteiger charge is -1.98. The van der Waals surface area contributed by atoms with Gasteiger partial charge >= 0.3 is 5.97 Å². The number of rotatable bonds is 8. The molecule has 0 aliphatic rings. The van der Waals surface area contributed by atoms with Crippen molar-refractivity contribution in [1.29, 1.82) is 0 Å². The molecule has 0 heterocycles. The monoisotopic (exact) mass is 390 g/mol. The smallest absolute Gasteiger partial charge is 0.303 e. The molecule has 0 aromatic heterocycles. The van der Waals surface area contributed by atoms with Gasteiger partial charge in [-0.25, -0.2) is 0 Å². The van der Waals surface area contributed by atoms with Gasteiger partial charge in [0, 0.05) is 33.6 Å². The van der Waals surface area contributed by atoms with Crippen LogP contribution in [0.3, 0.4) is 0 Å². The van der Waals surface area contributed by atoms with Gasteiger partial charge in [0.15, 0.2) is 0 Å². The molecule has 0 aromatic rings. The summed E-state index contributed by atoms with van der Waals surface area (Å²) in [6.07, 6.45) is 6.60. The Balaban J connectivity index is -0.000000126. The van der Waals surface area contributed by atoms with Gasteiger partial charge in [0.2, 0.25) is 0 Å². The first-order chi connectivity index (χ1) is 11.3. The second-order valence-corrected chi connectivity index (χ2v) is 6.70. The molecule has 0 aromatic carbocycles. The molecule has 0 radical (unpaired) electrons. The van der Waals surface area contributed by atoms with Crippen LogP contribution in [-0.4, -0.2) is 78.0 Å². The Morgan fingerprint density at radius 2 is 1.16 bits per heavy atom. The molecule has 0 rings (SSSR count). The summed E-state index contributed by atoms with van der Waals surface area (Å²) in [4.78, 5) is 10.0. The summed E-state index contributed by atoms with van der Waals surface area (Å²) < 4.78 is 25.9. The number of unbranched alkanes of at least 4 members (excludes halogenated alkanes) is 4. The van der Waals surface area contributed by atoms with E-state index in [0.717, 1.165) is 23.0 Å². The summed E-state index contributed by atoms with van der Waals surface area (Å²) >= 11 is 0. The minimum Gasteiger partial charge on any atom is -0.481 e. The van der Waals surface area contributed by atoms with Gasteiger partial charge in [-0.2, -0.15) is 18.5 Å². The Bertz CT molecular complexity index is 345. The van der Waals surface area contributed by atoms with Crippen molar-refractivity contribution in [2.45, 2.75) is 59.3 Å². The maximum Gasteiger partial charge on any atom is 0.303 e. The number of carboxylic acids is 1. The summed E-state index contributed by atoms with van der Waals surface area (Å²) in [5.41, 5.74) is 0. The molecule has 10 heteroatoms. The van der Waals surface area contributed by atoms with Gasteiger partial charge in [-0.15, -0.1) is 0 Å². The van der Waals surface area contributed by atoms with E-state index in [4.69, 9.17) is 20.1 Å². The van der Waals surface area contributed by atoms with E-state index in [1.54, 1.807) is 14.1 Å². The highest BCUT2D eigenvalue weighted by Crippen LogP contribution is 2.04. The van der Waals surface area contributed by atoms with Crippen molar-refractivity contribution in [1.82, 2.24) is 10.1 Å². The zero-order chi connectivity index (χ0) is 20.9. The van der Waals surface area contributed by atoms with Crippen LogP contribution in [0.1, 0.15) is 59.3 Å². The molecule has 0 saturated heterocycles. The van der Waals surface area contributed by atoms with Crippen molar-refractivity contribution in [3.05, 3.63) is 0 Å². The van der Waals surface area contributed by atoms with Gasteiger partial charge in [0.1, 0.15) is 0 Å². The second kappa shape index (κ2) is 23.2. The molecule has 0 atom stereocenters. The largest absolute Gasteiger partial charge is 0.481 e. The summed E-state index contributed by atoms with van der Waals surface area (Å²) in [7, 11) is -0.444. The third-order valence-electron chi connectivity index (χ3n) is 2.41. The van der Waals surface area contributed by atoms with Crippen molar-refractivity contribution in [3.8, 4) is 0 Å². The molecule has 156 valence electrons. The van der Waals surface area contributed by atoms with Crippen LogP contribution in [0.25, 0.3) is 0 Å². The summed E-state index contributed by atoms with van der Waals surface area (Å²) in [6, 6.07) is 0. The normalized spacial score (nSPS) is 10.0. The Hall–Kier alpha value is -0.780. The molecule has 0 unspecified atom stereocenters. The SMILES string of the molecule is CCCCCCCC(=O)O.CCN(C)O.CCN(C)O.CS(=O)(=O)O. The van der Waals surface area contributed by atoms with E-state index < -0.39 is 16.1 Å². The van der Waals surface area contributed by atoms with Crippen molar-refractivity contribution in [2.75, 3.05) is 33.4 Å². The molecule has 9 nitrogen and oxygen atoms in total. The fourth-order valence-electron chi connectivity index (χ4n) is 0.880. The minimum atomic E-state index is -3.67. The molecule has 0 amide bonds. The van der Waals surface area contributed by atoms with Gasteiger partial charge in [-0.3, -0.25) is 9.35 Å². The van der Waals surface area contributed by atoms with E-state index in [2.05, 4.69) is 6.92 Å². The molecule has 0 bridgehead atoms. The Morgan fingerprint density at radius 3 is 1.36 bits per heavy atom. The maximum absolute atomic E-state index is 10.0. The fraction of sp³-hybridized carbons (Fsp3) is 0.933. The number of hydrogen-bond donors (Lipinski definition) is 4. The quantitative estimate of drug-likeness (QED) is 0.280. The fourth-order valence-corrected chi connectivity index (χ4v) is 0.880. The van der Waals surface area contributed by atoms with E-state index in [1.165, 1.54) is 19.3 Å². The lowest BCUT2D eigenvalue weighted by Crippen LogP contribution is -2.09. The van der Waals surface area contributed by atoms with Crippen LogP contribution < -0.4 is 0 Å². The lowest BCUT2D eigenvalue weighted by molar-refractivity contribution is -0.137. The number of nitrogens with zero attached hydrogens (tertiary/aromatic N) is 2. The first-order valence-electron chi connectivity index (χ1n) is 8.25. The lowest BCUT2D eigenvalue weighted by atomic mass is 10.1. The van der Waals surface area contributed by atoms with Crippen LogP contribution in [0.2, 0.25) is 0 Å². The van der Waals surface area contributed by atoms with Crippen LogP contribution in [0, 0.1) is 0 Å². The molecule has 0 aliphatic carbocycles. The Labute approximate surface area is 152 Å². The van der Waals surface area contributed by atoms with E-state index in [0.29, 0.717) is 25.8 Å². The van der Waals surface area contributed by atoms with Crippen LogP contribution in [-0.2, 0) is 14.9 Å². The highest BCUT2D eigenvalue weighted by Gasteiger charge is 1.94. The number of aliphatic carboxylic acids is 1. The molecular formula is C15H38N2O7S. The number of hydroxylamine groups is 4. The molecule has 0 spiro atoms. The average molecular weight is 391 g/mol. The third-order valence-corrected chi connectivity index (χ3v) is 2.41. The third kappa shape index (κ3) is 100. The molecule has 4 N–H and O–H groups in total. The van der Waals surface area contributed by atoms with Crippen LogP contribution in [0.5, 0.6) is 0 Å². The highest BCUT2D eigenvalue weighted by atomic mass is 32.2. The van der Waals surface area contributed by atoms with Crippen molar-refractivity contribution < 1.29 is 33.3 Å². The summed E-state index contributed by atoms with van der Waals surface area (Å²) in [5, 5.41) is 26.9. The van der Waals surface area contributed by atoms with Crippen molar-refractivity contribution >= 4 is 16.1 Å². The van der Waals surface area contributed by atoms with Gasteiger partial charge in [-0.05, 0) is 6.42 Å². The van der Waals surface area contributed by atoms with Crippen LogP contribution >= 0.6 is 0 Å². The van der Waals surface area contributed by atoms with Crippen LogP contribution in [0.4, 0.5) is 0 Å². The molecule has 0 aliphatic heterocycles. The maximum atomic E-state index is 10.0. The molecular weight excluding hydrogens is 352 g/mol. The van der Waals surface area contributed by atoms with E-state index in [9.17, 15) is 13.2 Å². The predicted octanol–water partition coefficient (Wildman–Crippen LogP) is 2.59. The molecule has 25 heavy (non-hydrogen) atoms. The second-order valence-electron chi connectivity index (χ2n) is 5.24. The van der Waals surface area contributed by atoms with Crippen molar-refractivity contribution in [2.24, 2.45) is 0 Å². The van der Waals surface area contributed by atoms with Crippen molar-refractivity contribution in [3.63, 3.8) is 0 Å². The van der Waals surface area contributed by atoms with E-state index in [1.807, 2.05) is 13.8 Å². The molecule has 0 fully saturated rings. The van der Waals surface area contributed by atoms with Gasteiger partial charge in [0.05, 0.1) is 6.26 Å². The number of carboxylic acid groups (broad SMARTS) is 1. The van der Waals surface area contributed by atoms with Gasteiger partial charge in [-0.1, -0.05) is 46.5 Å². The number of carbonyl (C=O) groups is 1. The van der Waals surface area contributed by atoms with Gasteiger partial charge in [0.25, 0.3) is 10.1 Å². The average Bonchev–Trinajstić information content (AvgIpc) is 2.46. The first-order valence-corrected chi connectivity index (χ1v) is 10.1. The topological polar surface area (TPSA) is 139 Å². The van der Waals surface area contributed by atoms with E-state index in [-0.39, 0.29) is 0 Å². The number of hydrogen-bond acceptors (Lipinski definition) is 7. The van der Waals surface area contributed by atoms with Gasteiger partial charge < -0.3 is 15.5 Å². The standard InChI is InChI=1S/C8H16O2.2C3H9NO.CH4O3S/c1-2-3-4-5-6-7-8(9)10;2*1-3-4(2)5;1-5(2,3)4/h2-7H2,1H3,(H,9,10);2*5H,3H2,1-2H3;1H3,(H,2,3,4). The minimum absolute atomic E-state index is 0.337. The zero-order valence-corrected chi connectivity index (χ0v) is 17.3. The summed E-state index contributed by atoms with van der Waals surface area (Å²) in [5.74, 6) is -0.670.